The molecule has 15 heavy (non-hydrogen) atoms. The zero-order valence-corrected chi connectivity index (χ0v) is 9.26. The van der Waals surface area contributed by atoms with Crippen molar-refractivity contribution in [2.75, 3.05) is 26.2 Å². The average Bonchev–Trinajstić information content (AvgIpc) is 2.84. The van der Waals surface area contributed by atoms with Crippen LogP contribution in [0.2, 0.25) is 0 Å². The SMILES string of the molecule is Cn1nccc1CCN1CCC(CO)C1. The van der Waals surface area contributed by atoms with Crippen LogP contribution in [-0.4, -0.2) is 46.0 Å². The van der Waals surface area contributed by atoms with E-state index in [0.29, 0.717) is 12.5 Å². The molecular weight excluding hydrogens is 190 g/mol. The van der Waals surface area contributed by atoms with Gasteiger partial charge in [-0.25, -0.2) is 0 Å². The highest BCUT2D eigenvalue weighted by atomic mass is 16.3. The lowest BCUT2D eigenvalue weighted by Crippen LogP contribution is -2.24. The number of aliphatic hydroxyl groups is 1. The van der Waals surface area contributed by atoms with Crippen molar-refractivity contribution in [2.45, 2.75) is 12.8 Å². The molecule has 0 spiro atoms. The first-order valence-corrected chi connectivity index (χ1v) is 5.59. The molecule has 0 aliphatic carbocycles. The van der Waals surface area contributed by atoms with Gasteiger partial charge in [-0.1, -0.05) is 0 Å². The van der Waals surface area contributed by atoms with E-state index in [1.54, 1.807) is 0 Å². The highest BCUT2D eigenvalue weighted by Gasteiger charge is 2.21. The molecule has 1 fully saturated rings. The fourth-order valence-corrected chi connectivity index (χ4v) is 2.18. The van der Waals surface area contributed by atoms with E-state index in [9.17, 15) is 0 Å². The highest BCUT2D eigenvalue weighted by molar-refractivity contribution is 5.00. The molecule has 0 radical (unpaired) electrons. The van der Waals surface area contributed by atoms with Crippen molar-refractivity contribution in [1.82, 2.24) is 14.7 Å². The lowest BCUT2D eigenvalue weighted by Gasteiger charge is -2.15. The van der Waals surface area contributed by atoms with Crippen LogP contribution >= 0.6 is 0 Å². The maximum atomic E-state index is 9.04. The van der Waals surface area contributed by atoms with Crippen molar-refractivity contribution in [1.29, 1.82) is 0 Å². The van der Waals surface area contributed by atoms with Gasteiger partial charge in [0.1, 0.15) is 0 Å². The summed E-state index contributed by atoms with van der Waals surface area (Å²) in [7, 11) is 1.98. The van der Waals surface area contributed by atoms with Crippen LogP contribution in [0.25, 0.3) is 0 Å². The molecule has 0 aromatic carbocycles. The van der Waals surface area contributed by atoms with E-state index >= 15 is 0 Å². The van der Waals surface area contributed by atoms with Crippen molar-refractivity contribution in [3.05, 3.63) is 18.0 Å². The molecule has 4 nitrogen and oxygen atoms in total. The normalized spacial score (nSPS) is 22.4. The summed E-state index contributed by atoms with van der Waals surface area (Å²) in [6.07, 6.45) is 4.03. The summed E-state index contributed by atoms with van der Waals surface area (Å²) in [6, 6.07) is 2.07. The number of hydrogen-bond donors (Lipinski definition) is 1. The van der Waals surface area contributed by atoms with Crippen molar-refractivity contribution in [2.24, 2.45) is 13.0 Å². The molecule has 1 unspecified atom stereocenters. The second-order valence-corrected chi connectivity index (χ2v) is 4.33. The molecule has 1 saturated heterocycles. The Morgan fingerprint density at radius 2 is 2.47 bits per heavy atom. The maximum Gasteiger partial charge on any atom is 0.0492 e. The third kappa shape index (κ3) is 2.58. The molecule has 0 bridgehead atoms. The van der Waals surface area contributed by atoms with Gasteiger partial charge in [0.25, 0.3) is 0 Å². The van der Waals surface area contributed by atoms with E-state index in [1.165, 1.54) is 5.69 Å². The van der Waals surface area contributed by atoms with E-state index in [2.05, 4.69) is 16.1 Å². The minimum atomic E-state index is 0.336. The zero-order chi connectivity index (χ0) is 10.7. The molecule has 1 N–H and O–H groups in total. The van der Waals surface area contributed by atoms with Gasteiger partial charge in [0, 0.05) is 45.1 Å². The van der Waals surface area contributed by atoms with Crippen molar-refractivity contribution in [3.63, 3.8) is 0 Å². The fraction of sp³-hybridized carbons (Fsp3) is 0.727. The molecule has 1 aromatic rings. The second-order valence-electron chi connectivity index (χ2n) is 4.33. The summed E-state index contributed by atoms with van der Waals surface area (Å²) in [6.45, 7) is 3.59. The predicted octanol–water partition coefficient (Wildman–Crippen LogP) is 0.277. The van der Waals surface area contributed by atoms with E-state index in [4.69, 9.17) is 5.11 Å². The predicted molar refractivity (Wildman–Crippen MR) is 58.5 cm³/mol. The van der Waals surface area contributed by atoms with Crippen molar-refractivity contribution >= 4 is 0 Å². The fourth-order valence-electron chi connectivity index (χ4n) is 2.18. The highest BCUT2D eigenvalue weighted by Crippen LogP contribution is 2.15. The van der Waals surface area contributed by atoms with Gasteiger partial charge in [0.15, 0.2) is 0 Å². The Balaban J connectivity index is 1.77. The Hall–Kier alpha value is -0.870. The monoisotopic (exact) mass is 209 g/mol. The van der Waals surface area contributed by atoms with E-state index in [0.717, 1.165) is 32.5 Å². The van der Waals surface area contributed by atoms with Crippen LogP contribution in [0.1, 0.15) is 12.1 Å². The Kier molecular flexibility index (Phi) is 3.38. The van der Waals surface area contributed by atoms with Gasteiger partial charge in [0.2, 0.25) is 0 Å². The number of aliphatic hydroxyl groups excluding tert-OH is 1. The first-order valence-electron chi connectivity index (χ1n) is 5.59. The molecule has 1 atom stereocenters. The molecular formula is C11H19N3O. The molecule has 2 heterocycles. The summed E-state index contributed by atoms with van der Waals surface area (Å²) in [5.74, 6) is 0.497. The minimum absolute atomic E-state index is 0.336. The molecule has 2 rings (SSSR count). The van der Waals surface area contributed by atoms with Gasteiger partial charge in [-0.05, 0) is 24.9 Å². The largest absolute Gasteiger partial charge is 0.396 e. The summed E-state index contributed by atoms with van der Waals surface area (Å²) in [5, 5.41) is 13.2. The van der Waals surface area contributed by atoms with Gasteiger partial charge >= 0.3 is 0 Å². The number of likely N-dealkylation sites (tertiary alicyclic amines) is 1. The maximum absolute atomic E-state index is 9.04. The lowest BCUT2D eigenvalue weighted by atomic mass is 10.1. The minimum Gasteiger partial charge on any atom is -0.396 e. The van der Waals surface area contributed by atoms with E-state index in [-0.39, 0.29) is 0 Å². The smallest absolute Gasteiger partial charge is 0.0492 e. The lowest BCUT2D eigenvalue weighted by molar-refractivity contribution is 0.222. The Labute approximate surface area is 90.5 Å². The van der Waals surface area contributed by atoms with Crippen LogP contribution in [0.4, 0.5) is 0 Å². The number of hydrogen-bond acceptors (Lipinski definition) is 3. The van der Waals surface area contributed by atoms with Gasteiger partial charge in [0.05, 0.1) is 0 Å². The summed E-state index contributed by atoms with van der Waals surface area (Å²) < 4.78 is 1.93. The Morgan fingerprint density at radius 1 is 1.60 bits per heavy atom. The van der Waals surface area contributed by atoms with E-state index < -0.39 is 0 Å². The van der Waals surface area contributed by atoms with Crippen molar-refractivity contribution < 1.29 is 5.11 Å². The summed E-state index contributed by atoms with van der Waals surface area (Å²) in [4.78, 5) is 2.42. The zero-order valence-electron chi connectivity index (χ0n) is 9.26. The van der Waals surface area contributed by atoms with Crippen LogP contribution in [0, 0.1) is 5.92 Å². The standard InChI is InChI=1S/C11H19N3O/c1-13-11(2-5-12-13)4-7-14-6-3-10(8-14)9-15/h2,5,10,15H,3-4,6-9H2,1H3. The molecule has 1 aliphatic heterocycles. The number of nitrogens with zero attached hydrogens (tertiary/aromatic N) is 3. The average molecular weight is 209 g/mol. The topological polar surface area (TPSA) is 41.3 Å². The van der Waals surface area contributed by atoms with Crippen LogP contribution < -0.4 is 0 Å². The third-order valence-electron chi connectivity index (χ3n) is 3.23. The van der Waals surface area contributed by atoms with E-state index in [1.807, 2.05) is 17.9 Å². The van der Waals surface area contributed by atoms with Gasteiger partial charge in [-0.3, -0.25) is 4.68 Å². The first-order chi connectivity index (χ1) is 7.29. The summed E-state index contributed by atoms with van der Waals surface area (Å²) >= 11 is 0. The van der Waals surface area contributed by atoms with Crippen LogP contribution in [0.15, 0.2) is 12.3 Å². The number of aromatic nitrogens is 2. The first kappa shape index (κ1) is 10.6. The Bertz CT molecular complexity index is 311. The quantitative estimate of drug-likeness (QED) is 0.774. The van der Waals surface area contributed by atoms with Crippen LogP contribution in [0.3, 0.4) is 0 Å². The van der Waals surface area contributed by atoms with Gasteiger partial charge in [-0.15, -0.1) is 0 Å². The van der Waals surface area contributed by atoms with Gasteiger partial charge < -0.3 is 10.0 Å². The molecule has 1 aliphatic rings. The number of aryl methyl sites for hydroxylation is 1. The molecule has 4 heteroatoms. The molecule has 1 aromatic heterocycles. The molecule has 0 saturated carbocycles. The Morgan fingerprint density at radius 3 is 3.07 bits per heavy atom. The molecule has 0 amide bonds. The second kappa shape index (κ2) is 4.77. The number of rotatable bonds is 4. The third-order valence-corrected chi connectivity index (χ3v) is 3.23. The van der Waals surface area contributed by atoms with Gasteiger partial charge in [-0.2, -0.15) is 5.10 Å². The van der Waals surface area contributed by atoms with Crippen molar-refractivity contribution in [3.8, 4) is 0 Å². The molecule has 84 valence electrons. The summed E-state index contributed by atoms with van der Waals surface area (Å²) in [5.41, 5.74) is 1.28. The van der Waals surface area contributed by atoms with Crippen LogP contribution in [-0.2, 0) is 13.5 Å². The van der Waals surface area contributed by atoms with Crippen LogP contribution in [0.5, 0.6) is 0 Å².